The van der Waals surface area contributed by atoms with E-state index in [1.165, 1.54) is 0 Å². The molecule has 3 heteroatoms. The Hall–Kier alpha value is -0.150. The van der Waals surface area contributed by atoms with Gasteiger partial charge in [0.25, 0.3) is 0 Å². The molecule has 52 valence electrons. The van der Waals surface area contributed by atoms with E-state index in [0.717, 1.165) is 12.8 Å². The lowest BCUT2D eigenvalue weighted by Gasteiger charge is -1.96. The van der Waals surface area contributed by atoms with Crippen molar-refractivity contribution in [3.05, 3.63) is 11.0 Å². The second kappa shape index (κ2) is 2.62. The van der Waals surface area contributed by atoms with Crippen molar-refractivity contribution >= 4 is 11.1 Å². The predicted molar refractivity (Wildman–Crippen MR) is 37.3 cm³/mol. The number of hydrogen-bond acceptors (Lipinski definition) is 1. The van der Waals surface area contributed by atoms with Gasteiger partial charge in [0.15, 0.2) is 11.1 Å². The highest BCUT2D eigenvalue weighted by molar-refractivity contribution is 7.83. The molecule has 0 heterocycles. The Kier molecular flexibility index (Phi) is 2.03. The fourth-order valence-corrected chi connectivity index (χ4v) is 1.65. The van der Waals surface area contributed by atoms with Crippen LogP contribution in [0.3, 0.4) is 0 Å². The number of hydrogen-bond donors (Lipinski definition) is 1. The van der Waals surface area contributed by atoms with E-state index in [0.29, 0.717) is 10.8 Å². The van der Waals surface area contributed by atoms with E-state index < -0.39 is 11.1 Å². The van der Waals surface area contributed by atoms with E-state index in [1.54, 1.807) is 0 Å². The molecular weight excluding hydrogens is 136 g/mol. The molecule has 0 aliphatic heterocycles. The molecule has 9 heavy (non-hydrogen) atoms. The average Bonchev–Trinajstić information content (AvgIpc) is 2.14. The van der Waals surface area contributed by atoms with E-state index in [4.69, 9.17) is 4.55 Å². The Labute approximate surface area is 57.2 Å². The fourth-order valence-electron chi connectivity index (χ4n) is 0.985. The standard InChI is InChI=1S/C6H10O2S/c1-5-2-3-6(4-5)9(7)8/h3,5H,2,4H2,1H3,(H,7,8). The van der Waals surface area contributed by atoms with Crippen molar-refractivity contribution in [2.75, 3.05) is 0 Å². The normalized spacial score (nSPS) is 30.0. The van der Waals surface area contributed by atoms with Gasteiger partial charge in [0.1, 0.15) is 0 Å². The van der Waals surface area contributed by atoms with Crippen molar-refractivity contribution in [1.82, 2.24) is 0 Å². The van der Waals surface area contributed by atoms with Gasteiger partial charge >= 0.3 is 0 Å². The summed E-state index contributed by atoms with van der Waals surface area (Å²) in [5.41, 5.74) is 0. The van der Waals surface area contributed by atoms with Crippen LogP contribution in [-0.2, 0) is 11.1 Å². The van der Waals surface area contributed by atoms with E-state index in [1.807, 2.05) is 6.08 Å². The van der Waals surface area contributed by atoms with Gasteiger partial charge in [0.2, 0.25) is 0 Å². The third-order valence-corrected chi connectivity index (χ3v) is 2.30. The summed E-state index contributed by atoms with van der Waals surface area (Å²) < 4.78 is 19.0. The molecule has 0 spiro atoms. The zero-order valence-electron chi connectivity index (χ0n) is 5.33. The van der Waals surface area contributed by atoms with Crippen molar-refractivity contribution in [3.8, 4) is 0 Å². The van der Waals surface area contributed by atoms with Crippen LogP contribution in [0.5, 0.6) is 0 Å². The van der Waals surface area contributed by atoms with Crippen LogP contribution in [0.2, 0.25) is 0 Å². The smallest absolute Gasteiger partial charge is 0.181 e. The largest absolute Gasteiger partial charge is 0.302 e. The summed E-state index contributed by atoms with van der Waals surface area (Å²) in [7, 11) is 0. The number of rotatable bonds is 1. The van der Waals surface area contributed by atoms with Gasteiger partial charge in [0.05, 0.1) is 0 Å². The molecule has 0 aromatic carbocycles. The minimum Gasteiger partial charge on any atom is -0.302 e. The summed E-state index contributed by atoms with van der Waals surface area (Å²) in [4.78, 5) is 0.697. The zero-order chi connectivity index (χ0) is 6.85. The summed E-state index contributed by atoms with van der Waals surface area (Å²) in [6.45, 7) is 2.08. The van der Waals surface area contributed by atoms with Crippen molar-refractivity contribution in [2.24, 2.45) is 5.92 Å². The Morgan fingerprint density at radius 1 is 1.89 bits per heavy atom. The Morgan fingerprint density at radius 2 is 2.56 bits per heavy atom. The van der Waals surface area contributed by atoms with E-state index in [9.17, 15) is 4.21 Å². The SMILES string of the molecule is CC1CC=C(S(=O)O)C1. The van der Waals surface area contributed by atoms with Crippen LogP contribution in [-0.4, -0.2) is 8.76 Å². The van der Waals surface area contributed by atoms with Gasteiger partial charge in [-0.1, -0.05) is 13.0 Å². The summed E-state index contributed by atoms with van der Waals surface area (Å²) >= 11 is -1.70. The maximum absolute atomic E-state index is 10.4. The van der Waals surface area contributed by atoms with Crippen LogP contribution in [0.15, 0.2) is 11.0 Å². The van der Waals surface area contributed by atoms with Crippen molar-refractivity contribution in [3.63, 3.8) is 0 Å². The van der Waals surface area contributed by atoms with Gasteiger partial charge in [-0.25, -0.2) is 4.21 Å². The van der Waals surface area contributed by atoms with Gasteiger partial charge in [-0.15, -0.1) is 0 Å². The maximum Gasteiger partial charge on any atom is 0.181 e. The summed E-state index contributed by atoms with van der Waals surface area (Å²) in [6, 6.07) is 0. The Bertz CT molecular complexity index is 162. The van der Waals surface area contributed by atoms with E-state index in [-0.39, 0.29) is 0 Å². The lowest BCUT2D eigenvalue weighted by atomic mass is 10.1. The Morgan fingerprint density at radius 3 is 2.78 bits per heavy atom. The molecule has 0 aromatic rings. The zero-order valence-corrected chi connectivity index (χ0v) is 6.15. The van der Waals surface area contributed by atoms with Crippen LogP contribution in [0.4, 0.5) is 0 Å². The molecule has 0 aromatic heterocycles. The van der Waals surface area contributed by atoms with E-state index >= 15 is 0 Å². The van der Waals surface area contributed by atoms with Gasteiger partial charge < -0.3 is 4.55 Å². The average molecular weight is 146 g/mol. The molecule has 0 fully saturated rings. The first kappa shape index (κ1) is 6.96. The first-order valence-corrected chi connectivity index (χ1v) is 4.10. The quantitative estimate of drug-likeness (QED) is 0.569. The molecule has 0 amide bonds. The molecule has 0 saturated carbocycles. The molecule has 2 atom stereocenters. The van der Waals surface area contributed by atoms with Gasteiger partial charge in [-0.3, -0.25) is 0 Å². The molecule has 1 N–H and O–H groups in total. The molecule has 1 aliphatic rings. The van der Waals surface area contributed by atoms with Crippen molar-refractivity contribution < 1.29 is 8.76 Å². The van der Waals surface area contributed by atoms with Crippen LogP contribution in [0, 0.1) is 5.92 Å². The first-order valence-electron chi connectivity index (χ1n) is 3.00. The van der Waals surface area contributed by atoms with Crippen molar-refractivity contribution in [1.29, 1.82) is 0 Å². The highest BCUT2D eigenvalue weighted by Crippen LogP contribution is 2.25. The summed E-state index contributed by atoms with van der Waals surface area (Å²) in [6.07, 6.45) is 3.62. The minimum absolute atomic E-state index is 0.566. The molecule has 1 rings (SSSR count). The van der Waals surface area contributed by atoms with Crippen LogP contribution in [0.1, 0.15) is 19.8 Å². The number of allylic oxidation sites excluding steroid dienone is 2. The second-order valence-corrected chi connectivity index (χ2v) is 3.49. The van der Waals surface area contributed by atoms with Crippen LogP contribution < -0.4 is 0 Å². The molecule has 2 unspecified atom stereocenters. The van der Waals surface area contributed by atoms with Gasteiger partial charge in [-0.05, 0) is 18.8 Å². The second-order valence-electron chi connectivity index (χ2n) is 2.46. The van der Waals surface area contributed by atoms with Crippen molar-refractivity contribution in [2.45, 2.75) is 19.8 Å². The first-order chi connectivity index (χ1) is 4.20. The van der Waals surface area contributed by atoms with Gasteiger partial charge in [-0.2, -0.15) is 0 Å². The highest BCUT2D eigenvalue weighted by Gasteiger charge is 2.15. The third kappa shape index (κ3) is 1.63. The summed E-state index contributed by atoms with van der Waals surface area (Å²) in [5.74, 6) is 0.566. The summed E-state index contributed by atoms with van der Waals surface area (Å²) in [5, 5.41) is 0. The monoisotopic (exact) mass is 146 g/mol. The lowest BCUT2D eigenvalue weighted by molar-refractivity contribution is 0.564. The molecule has 0 bridgehead atoms. The van der Waals surface area contributed by atoms with Gasteiger partial charge in [0, 0.05) is 4.91 Å². The third-order valence-electron chi connectivity index (χ3n) is 1.52. The minimum atomic E-state index is -1.70. The maximum atomic E-state index is 10.4. The topological polar surface area (TPSA) is 37.3 Å². The van der Waals surface area contributed by atoms with E-state index in [2.05, 4.69) is 6.92 Å². The molecular formula is C6H10O2S. The molecule has 2 nitrogen and oxygen atoms in total. The highest BCUT2D eigenvalue weighted by atomic mass is 32.2. The van der Waals surface area contributed by atoms with Crippen LogP contribution in [0.25, 0.3) is 0 Å². The lowest BCUT2D eigenvalue weighted by Crippen LogP contribution is -1.91. The van der Waals surface area contributed by atoms with Crippen LogP contribution >= 0.6 is 0 Å². The Balaban J connectivity index is 2.55. The fraction of sp³-hybridized carbons (Fsp3) is 0.667. The molecule has 0 saturated heterocycles. The molecule has 1 aliphatic carbocycles. The molecule has 0 radical (unpaired) electrons. The predicted octanol–water partition coefficient (Wildman–Crippen LogP) is 1.52.